The number of carbonyl (C=O) groups excluding carboxylic acids is 1. The van der Waals surface area contributed by atoms with E-state index in [9.17, 15) is 9.90 Å². The third kappa shape index (κ3) is 2.55. The van der Waals surface area contributed by atoms with Crippen LogP contribution in [0.15, 0.2) is 36.4 Å². The number of aromatic hydroxyl groups is 1. The topological polar surface area (TPSA) is 93.8 Å². The number of phenols is 1. The van der Waals surface area contributed by atoms with E-state index < -0.39 is 5.91 Å². The van der Waals surface area contributed by atoms with E-state index in [0.29, 0.717) is 30.4 Å². The van der Waals surface area contributed by atoms with Crippen molar-refractivity contribution in [2.75, 3.05) is 24.3 Å². The molecule has 6 nitrogen and oxygen atoms in total. The molecule has 0 spiro atoms. The molecule has 0 bridgehead atoms. The highest BCUT2D eigenvalue weighted by molar-refractivity contribution is 6.07. The highest BCUT2D eigenvalue weighted by atomic mass is 16.6. The first-order valence-electron chi connectivity index (χ1n) is 6.43. The van der Waals surface area contributed by atoms with Crippen LogP contribution in [0.1, 0.15) is 10.4 Å². The minimum Gasteiger partial charge on any atom is -0.505 e. The summed E-state index contributed by atoms with van der Waals surface area (Å²) < 4.78 is 10.9. The predicted molar refractivity (Wildman–Crippen MR) is 77.9 cm³/mol. The molecule has 1 amide bonds. The number of fused-ring (bicyclic) bond motifs is 1. The van der Waals surface area contributed by atoms with Crippen molar-refractivity contribution in [3.05, 3.63) is 42.0 Å². The molecule has 0 saturated carbocycles. The zero-order valence-electron chi connectivity index (χ0n) is 11.1. The number of phenolic OH excluding ortho intramolecular Hbond substituents is 1. The van der Waals surface area contributed by atoms with Gasteiger partial charge < -0.3 is 25.6 Å². The average Bonchev–Trinajstić information content (AvgIpc) is 2.50. The molecule has 0 aromatic heterocycles. The number of carbonyl (C=O) groups is 1. The smallest absolute Gasteiger partial charge is 0.259 e. The van der Waals surface area contributed by atoms with E-state index in [-0.39, 0.29) is 17.0 Å². The molecule has 0 saturated heterocycles. The Labute approximate surface area is 121 Å². The van der Waals surface area contributed by atoms with Crippen molar-refractivity contribution in [3.8, 4) is 17.2 Å². The first-order chi connectivity index (χ1) is 10.1. The maximum absolute atomic E-state index is 12.2. The van der Waals surface area contributed by atoms with E-state index in [1.807, 2.05) is 0 Å². The summed E-state index contributed by atoms with van der Waals surface area (Å²) in [5.74, 6) is 0.547. The Morgan fingerprint density at radius 3 is 2.71 bits per heavy atom. The number of para-hydroxylation sites is 1. The Balaban J connectivity index is 1.83. The van der Waals surface area contributed by atoms with Gasteiger partial charge >= 0.3 is 0 Å². The molecule has 2 aromatic rings. The van der Waals surface area contributed by atoms with Gasteiger partial charge in [0, 0.05) is 11.8 Å². The second-order valence-electron chi connectivity index (χ2n) is 4.56. The van der Waals surface area contributed by atoms with Crippen LogP contribution in [0.5, 0.6) is 17.2 Å². The summed E-state index contributed by atoms with van der Waals surface area (Å²) in [4.78, 5) is 12.2. The van der Waals surface area contributed by atoms with Gasteiger partial charge in [0.25, 0.3) is 5.91 Å². The molecule has 21 heavy (non-hydrogen) atoms. The molecule has 1 aliphatic heterocycles. The Morgan fingerprint density at radius 1 is 1.14 bits per heavy atom. The minimum atomic E-state index is -0.448. The molecule has 0 atom stereocenters. The van der Waals surface area contributed by atoms with E-state index in [2.05, 4.69) is 5.32 Å². The number of ether oxygens (including phenoxy) is 2. The fraction of sp³-hybridized carbons (Fsp3) is 0.133. The van der Waals surface area contributed by atoms with Gasteiger partial charge in [-0.05, 0) is 24.3 Å². The van der Waals surface area contributed by atoms with E-state index in [1.54, 1.807) is 24.3 Å². The van der Waals surface area contributed by atoms with Gasteiger partial charge in [0.1, 0.15) is 13.2 Å². The summed E-state index contributed by atoms with van der Waals surface area (Å²) >= 11 is 0. The van der Waals surface area contributed by atoms with Crippen LogP contribution in [-0.4, -0.2) is 24.2 Å². The fourth-order valence-electron chi connectivity index (χ4n) is 2.06. The zero-order valence-corrected chi connectivity index (χ0v) is 11.1. The molecule has 108 valence electrons. The van der Waals surface area contributed by atoms with Crippen LogP contribution in [0.25, 0.3) is 0 Å². The Kier molecular flexibility index (Phi) is 3.27. The van der Waals surface area contributed by atoms with Crippen molar-refractivity contribution < 1.29 is 19.4 Å². The van der Waals surface area contributed by atoms with E-state index >= 15 is 0 Å². The van der Waals surface area contributed by atoms with Crippen LogP contribution < -0.4 is 20.5 Å². The number of amides is 1. The maximum atomic E-state index is 12.2. The molecule has 3 rings (SSSR count). The standard InChI is InChI=1S/C15H14N2O4/c16-11-3-1-2-10(14(11)18)15(19)17-9-4-5-12-13(8-9)21-7-6-20-12/h1-5,8,18H,6-7,16H2,(H,17,19). The van der Waals surface area contributed by atoms with Crippen LogP contribution in [0.4, 0.5) is 11.4 Å². The number of benzene rings is 2. The van der Waals surface area contributed by atoms with Gasteiger partial charge in [0.15, 0.2) is 17.2 Å². The Morgan fingerprint density at radius 2 is 1.90 bits per heavy atom. The summed E-state index contributed by atoms with van der Waals surface area (Å²) in [7, 11) is 0. The molecule has 1 aliphatic rings. The van der Waals surface area contributed by atoms with E-state index in [1.165, 1.54) is 12.1 Å². The zero-order chi connectivity index (χ0) is 14.8. The van der Waals surface area contributed by atoms with Gasteiger partial charge in [-0.3, -0.25) is 4.79 Å². The second-order valence-corrected chi connectivity index (χ2v) is 4.56. The van der Waals surface area contributed by atoms with Gasteiger partial charge in [-0.1, -0.05) is 6.07 Å². The van der Waals surface area contributed by atoms with Crippen LogP contribution in [0.2, 0.25) is 0 Å². The third-order valence-electron chi connectivity index (χ3n) is 3.11. The molecule has 0 aliphatic carbocycles. The summed E-state index contributed by atoms with van der Waals surface area (Å²) in [5.41, 5.74) is 6.40. The minimum absolute atomic E-state index is 0.116. The average molecular weight is 286 g/mol. The molecule has 0 fully saturated rings. The monoisotopic (exact) mass is 286 g/mol. The highest BCUT2D eigenvalue weighted by Gasteiger charge is 2.16. The first kappa shape index (κ1) is 13.1. The van der Waals surface area contributed by atoms with E-state index in [4.69, 9.17) is 15.2 Å². The lowest BCUT2D eigenvalue weighted by atomic mass is 10.1. The molecular weight excluding hydrogens is 272 g/mol. The number of hydrogen-bond donors (Lipinski definition) is 3. The maximum Gasteiger partial charge on any atom is 0.259 e. The molecule has 0 unspecified atom stereocenters. The second kappa shape index (κ2) is 5.24. The predicted octanol–water partition coefficient (Wildman–Crippen LogP) is 2.00. The number of nitrogens with one attached hydrogen (secondary N) is 1. The largest absolute Gasteiger partial charge is 0.505 e. The normalized spacial score (nSPS) is 12.8. The van der Waals surface area contributed by atoms with Crippen molar-refractivity contribution in [2.24, 2.45) is 0 Å². The van der Waals surface area contributed by atoms with Crippen LogP contribution in [0, 0.1) is 0 Å². The molecule has 6 heteroatoms. The number of rotatable bonds is 2. The number of nitrogen functional groups attached to an aromatic ring is 1. The van der Waals surface area contributed by atoms with Crippen molar-refractivity contribution in [1.29, 1.82) is 0 Å². The van der Waals surface area contributed by atoms with Crippen LogP contribution >= 0.6 is 0 Å². The summed E-state index contributed by atoms with van der Waals surface area (Å²) in [5, 5.41) is 12.5. The number of hydrogen-bond acceptors (Lipinski definition) is 5. The molecule has 2 aromatic carbocycles. The van der Waals surface area contributed by atoms with Gasteiger partial charge in [0.05, 0.1) is 11.3 Å². The summed E-state index contributed by atoms with van der Waals surface area (Å²) in [6.45, 7) is 0.982. The SMILES string of the molecule is Nc1cccc(C(=O)Nc2ccc3c(c2)OCCO3)c1O. The van der Waals surface area contributed by atoms with Gasteiger partial charge in [-0.2, -0.15) is 0 Å². The lowest BCUT2D eigenvalue weighted by Gasteiger charge is -2.19. The molecule has 4 N–H and O–H groups in total. The number of anilines is 2. The number of nitrogens with two attached hydrogens (primary N) is 1. The Bertz CT molecular complexity index is 700. The Hall–Kier alpha value is -2.89. The van der Waals surface area contributed by atoms with E-state index in [0.717, 1.165) is 0 Å². The molecule has 0 radical (unpaired) electrons. The first-order valence-corrected chi connectivity index (χ1v) is 6.43. The van der Waals surface area contributed by atoms with Gasteiger partial charge in [-0.15, -0.1) is 0 Å². The van der Waals surface area contributed by atoms with Gasteiger partial charge in [0.2, 0.25) is 0 Å². The lowest BCUT2D eigenvalue weighted by molar-refractivity contribution is 0.102. The van der Waals surface area contributed by atoms with Crippen LogP contribution in [0.3, 0.4) is 0 Å². The third-order valence-corrected chi connectivity index (χ3v) is 3.11. The molecule has 1 heterocycles. The van der Waals surface area contributed by atoms with Crippen molar-refractivity contribution in [2.45, 2.75) is 0 Å². The van der Waals surface area contributed by atoms with Crippen molar-refractivity contribution in [3.63, 3.8) is 0 Å². The highest BCUT2D eigenvalue weighted by Crippen LogP contribution is 2.33. The quantitative estimate of drug-likeness (QED) is 0.580. The fourth-order valence-corrected chi connectivity index (χ4v) is 2.06. The molecular formula is C15H14N2O4. The summed E-state index contributed by atoms with van der Waals surface area (Å²) in [6.07, 6.45) is 0. The lowest BCUT2D eigenvalue weighted by Crippen LogP contribution is -2.16. The summed E-state index contributed by atoms with van der Waals surface area (Å²) in [6, 6.07) is 9.73. The van der Waals surface area contributed by atoms with Crippen LogP contribution in [-0.2, 0) is 0 Å². The van der Waals surface area contributed by atoms with Gasteiger partial charge in [-0.25, -0.2) is 0 Å². The van der Waals surface area contributed by atoms with Crippen molar-refractivity contribution in [1.82, 2.24) is 0 Å². The van der Waals surface area contributed by atoms with Crippen molar-refractivity contribution >= 4 is 17.3 Å².